The molecule has 17 heavy (non-hydrogen) atoms. The molecule has 0 aliphatic carbocycles. The van der Waals surface area contributed by atoms with E-state index in [0.29, 0.717) is 6.04 Å². The summed E-state index contributed by atoms with van der Waals surface area (Å²) in [5.41, 5.74) is 1.51. The Labute approximate surface area is 113 Å². The van der Waals surface area contributed by atoms with Gasteiger partial charge in [-0.1, -0.05) is 0 Å². The van der Waals surface area contributed by atoms with Crippen molar-refractivity contribution in [3.05, 3.63) is 22.4 Å². The quantitative estimate of drug-likeness (QED) is 0.843. The molecule has 0 saturated carbocycles. The number of hydrogen-bond acceptors (Lipinski definition) is 3. The normalized spacial score (nSPS) is 19.4. The summed E-state index contributed by atoms with van der Waals surface area (Å²) < 4.78 is 0. The van der Waals surface area contributed by atoms with Gasteiger partial charge in [-0.15, -0.1) is 0 Å². The Morgan fingerprint density at radius 3 is 2.88 bits per heavy atom. The van der Waals surface area contributed by atoms with Crippen molar-refractivity contribution in [3.8, 4) is 0 Å². The Hall–Kier alpha value is 0.01000. The summed E-state index contributed by atoms with van der Waals surface area (Å²) in [5, 5.41) is 7.97. The minimum absolute atomic E-state index is 0.711. The summed E-state index contributed by atoms with van der Waals surface area (Å²) >= 11 is 3.94. The molecule has 1 aliphatic rings. The summed E-state index contributed by atoms with van der Waals surface area (Å²) in [6, 6.07) is 2.97. The lowest BCUT2D eigenvalue weighted by Gasteiger charge is -2.26. The zero-order chi connectivity index (χ0) is 11.9. The second-order valence-corrected chi connectivity index (χ2v) is 6.95. The molecule has 1 nitrogen and oxygen atoms in total. The minimum atomic E-state index is 0.711. The first-order valence-corrected chi connectivity index (χ1v) is 8.74. The molecule has 0 aromatic carbocycles. The van der Waals surface area contributed by atoms with Gasteiger partial charge in [0.05, 0.1) is 0 Å². The van der Waals surface area contributed by atoms with Gasteiger partial charge in [0.1, 0.15) is 0 Å². The second-order valence-electron chi connectivity index (χ2n) is 4.95. The molecular weight excluding hydrogens is 246 g/mol. The minimum Gasteiger partial charge on any atom is -0.317 e. The highest BCUT2D eigenvalue weighted by Crippen LogP contribution is 2.27. The summed E-state index contributed by atoms with van der Waals surface area (Å²) in [7, 11) is 2.12. The summed E-state index contributed by atoms with van der Waals surface area (Å²) in [6.07, 6.45) is 6.76. The molecule has 0 spiro atoms. The topological polar surface area (TPSA) is 12.0 Å². The maximum atomic E-state index is 3.51. The fourth-order valence-electron chi connectivity index (χ4n) is 2.54. The summed E-state index contributed by atoms with van der Waals surface area (Å²) in [6.45, 7) is 0. The predicted molar refractivity (Wildman–Crippen MR) is 80.2 cm³/mol. The first-order chi connectivity index (χ1) is 8.38. The van der Waals surface area contributed by atoms with Crippen LogP contribution >= 0.6 is 23.1 Å². The molecule has 96 valence electrons. The molecule has 0 radical (unpaired) electrons. The molecule has 1 saturated heterocycles. The van der Waals surface area contributed by atoms with Crippen LogP contribution in [-0.4, -0.2) is 24.6 Å². The Balaban J connectivity index is 1.72. The SMILES string of the molecule is CNC(CCc1ccsc1)CC1CCSCC1. The average molecular weight is 269 g/mol. The Morgan fingerprint density at radius 1 is 1.41 bits per heavy atom. The van der Waals surface area contributed by atoms with Gasteiger partial charge in [0.25, 0.3) is 0 Å². The van der Waals surface area contributed by atoms with E-state index in [0.717, 1.165) is 5.92 Å². The van der Waals surface area contributed by atoms with E-state index in [4.69, 9.17) is 0 Å². The number of aryl methyl sites for hydroxylation is 1. The lowest BCUT2D eigenvalue weighted by atomic mass is 9.92. The van der Waals surface area contributed by atoms with Crippen molar-refractivity contribution < 1.29 is 0 Å². The number of nitrogens with one attached hydrogen (secondary N) is 1. The van der Waals surface area contributed by atoms with Crippen LogP contribution in [-0.2, 0) is 6.42 Å². The highest BCUT2D eigenvalue weighted by molar-refractivity contribution is 7.99. The Kier molecular flexibility index (Phi) is 5.89. The molecule has 1 aliphatic heterocycles. The molecule has 1 aromatic heterocycles. The van der Waals surface area contributed by atoms with Crippen LogP contribution in [0.15, 0.2) is 16.8 Å². The van der Waals surface area contributed by atoms with Crippen molar-refractivity contribution in [1.29, 1.82) is 0 Å². The first-order valence-electron chi connectivity index (χ1n) is 6.64. The van der Waals surface area contributed by atoms with Crippen molar-refractivity contribution >= 4 is 23.1 Å². The van der Waals surface area contributed by atoms with Gasteiger partial charge in [-0.3, -0.25) is 0 Å². The van der Waals surface area contributed by atoms with Crippen molar-refractivity contribution in [1.82, 2.24) is 5.32 Å². The predicted octanol–water partition coefficient (Wildman–Crippen LogP) is 3.80. The molecule has 1 unspecified atom stereocenters. The van der Waals surface area contributed by atoms with Crippen molar-refractivity contribution in [2.45, 2.75) is 38.1 Å². The molecule has 0 amide bonds. The molecule has 2 heterocycles. The third-order valence-corrected chi connectivity index (χ3v) is 5.51. The van der Waals surface area contributed by atoms with Crippen LogP contribution in [0.2, 0.25) is 0 Å². The monoisotopic (exact) mass is 269 g/mol. The molecule has 1 N–H and O–H groups in total. The number of thiophene rings is 1. The molecular formula is C14H23NS2. The number of thioether (sulfide) groups is 1. The smallest absolute Gasteiger partial charge is 0.00698 e. The van der Waals surface area contributed by atoms with E-state index < -0.39 is 0 Å². The Bertz CT molecular complexity index is 291. The van der Waals surface area contributed by atoms with Crippen LogP contribution in [0.5, 0.6) is 0 Å². The van der Waals surface area contributed by atoms with Crippen LogP contribution in [0.25, 0.3) is 0 Å². The third-order valence-electron chi connectivity index (χ3n) is 3.73. The van der Waals surface area contributed by atoms with E-state index in [2.05, 4.69) is 41.0 Å². The molecule has 1 aromatic rings. The summed E-state index contributed by atoms with van der Waals surface area (Å²) in [5.74, 6) is 3.73. The van der Waals surface area contributed by atoms with E-state index in [9.17, 15) is 0 Å². The first kappa shape index (κ1) is 13.4. The fourth-order valence-corrected chi connectivity index (χ4v) is 4.45. The molecule has 1 atom stereocenters. The van der Waals surface area contributed by atoms with Crippen molar-refractivity contribution in [3.63, 3.8) is 0 Å². The van der Waals surface area contributed by atoms with Crippen molar-refractivity contribution in [2.24, 2.45) is 5.92 Å². The zero-order valence-electron chi connectivity index (χ0n) is 10.7. The van der Waals surface area contributed by atoms with Crippen molar-refractivity contribution in [2.75, 3.05) is 18.6 Å². The van der Waals surface area contributed by atoms with Gasteiger partial charge >= 0.3 is 0 Å². The van der Waals surface area contributed by atoms with Gasteiger partial charge in [0.2, 0.25) is 0 Å². The maximum absolute atomic E-state index is 3.51. The average Bonchev–Trinajstić information content (AvgIpc) is 2.89. The standard InChI is InChI=1S/C14H23NS2/c1-15-14(3-2-13-6-9-17-11-13)10-12-4-7-16-8-5-12/h6,9,11-12,14-15H,2-5,7-8,10H2,1H3. The molecule has 2 rings (SSSR count). The second kappa shape index (κ2) is 7.45. The van der Waals surface area contributed by atoms with Crippen LogP contribution in [0.4, 0.5) is 0 Å². The molecule has 0 bridgehead atoms. The van der Waals surface area contributed by atoms with Crippen LogP contribution in [0.3, 0.4) is 0 Å². The highest BCUT2D eigenvalue weighted by Gasteiger charge is 2.18. The van der Waals surface area contributed by atoms with E-state index in [1.54, 1.807) is 0 Å². The van der Waals surface area contributed by atoms with Gasteiger partial charge in [-0.05, 0) is 79.0 Å². The molecule has 3 heteroatoms. The van der Waals surface area contributed by atoms with Gasteiger partial charge in [0, 0.05) is 6.04 Å². The lowest BCUT2D eigenvalue weighted by molar-refractivity contribution is 0.365. The Morgan fingerprint density at radius 2 is 2.24 bits per heavy atom. The van der Waals surface area contributed by atoms with Gasteiger partial charge in [0.15, 0.2) is 0 Å². The van der Waals surface area contributed by atoms with Gasteiger partial charge < -0.3 is 5.32 Å². The highest BCUT2D eigenvalue weighted by atomic mass is 32.2. The third kappa shape index (κ3) is 4.65. The molecule has 1 fully saturated rings. The van der Waals surface area contributed by atoms with Gasteiger partial charge in [-0.25, -0.2) is 0 Å². The van der Waals surface area contributed by atoms with E-state index in [1.165, 1.54) is 49.2 Å². The maximum Gasteiger partial charge on any atom is 0.00698 e. The van der Waals surface area contributed by atoms with E-state index in [1.807, 2.05) is 11.3 Å². The fraction of sp³-hybridized carbons (Fsp3) is 0.714. The van der Waals surface area contributed by atoms with Crippen LogP contribution in [0.1, 0.15) is 31.2 Å². The van der Waals surface area contributed by atoms with Crippen LogP contribution < -0.4 is 5.32 Å². The number of rotatable bonds is 6. The number of hydrogen-bond donors (Lipinski definition) is 1. The largest absolute Gasteiger partial charge is 0.317 e. The summed E-state index contributed by atoms with van der Waals surface area (Å²) in [4.78, 5) is 0. The zero-order valence-corrected chi connectivity index (χ0v) is 12.3. The van der Waals surface area contributed by atoms with E-state index >= 15 is 0 Å². The van der Waals surface area contributed by atoms with Crippen LogP contribution in [0, 0.1) is 5.92 Å². The van der Waals surface area contributed by atoms with E-state index in [-0.39, 0.29) is 0 Å². The lowest BCUT2D eigenvalue weighted by Crippen LogP contribution is -2.29. The van der Waals surface area contributed by atoms with Gasteiger partial charge in [-0.2, -0.15) is 23.1 Å².